The molecule has 2 N–H and O–H groups in total. The number of likely N-dealkylation sites (tertiary alicyclic amines) is 1. The van der Waals surface area contributed by atoms with Crippen LogP contribution in [-0.2, 0) is 25.0 Å². The van der Waals surface area contributed by atoms with Crippen molar-refractivity contribution in [2.24, 2.45) is 0 Å². The van der Waals surface area contributed by atoms with Crippen molar-refractivity contribution in [2.75, 3.05) is 18.8 Å². The van der Waals surface area contributed by atoms with Crippen LogP contribution in [0, 0.1) is 6.92 Å². The second-order valence-electron chi connectivity index (χ2n) is 8.56. The summed E-state index contributed by atoms with van der Waals surface area (Å²) in [6, 6.07) is 10.2. The van der Waals surface area contributed by atoms with Gasteiger partial charge in [-0.25, -0.2) is 9.97 Å². The zero-order valence-corrected chi connectivity index (χ0v) is 17.3. The van der Waals surface area contributed by atoms with Gasteiger partial charge in [-0.2, -0.15) is 0 Å². The number of aromatic nitrogens is 3. The summed E-state index contributed by atoms with van der Waals surface area (Å²) in [4.78, 5) is 11.4. The molecular formula is C23H27N5O2. The number of nitrogens with zero attached hydrogens (tertiary/aromatic N) is 4. The van der Waals surface area contributed by atoms with Gasteiger partial charge in [0.05, 0.1) is 5.69 Å². The van der Waals surface area contributed by atoms with E-state index >= 15 is 0 Å². The second-order valence-corrected chi connectivity index (χ2v) is 8.56. The highest BCUT2D eigenvalue weighted by Gasteiger charge is 2.43. The molecule has 1 atom stereocenters. The van der Waals surface area contributed by atoms with Crippen LogP contribution < -0.4 is 10.5 Å². The largest absolute Gasteiger partial charge is 0.487 e. The van der Waals surface area contributed by atoms with Crippen LogP contribution in [0.25, 0.3) is 0 Å². The Morgan fingerprint density at radius 2 is 2.20 bits per heavy atom. The van der Waals surface area contributed by atoms with Crippen molar-refractivity contribution in [3.05, 3.63) is 64.8 Å². The number of nitrogens with two attached hydrogens (primary N) is 1. The highest BCUT2D eigenvalue weighted by molar-refractivity contribution is 5.37. The van der Waals surface area contributed by atoms with Crippen molar-refractivity contribution in [1.29, 1.82) is 0 Å². The normalized spacial score (nSPS) is 21.1. The number of anilines is 1. The lowest BCUT2D eigenvalue weighted by Gasteiger charge is -2.40. The first-order valence-electron chi connectivity index (χ1n) is 10.6. The van der Waals surface area contributed by atoms with E-state index in [4.69, 9.17) is 15.0 Å². The van der Waals surface area contributed by atoms with Crippen molar-refractivity contribution in [2.45, 2.75) is 51.2 Å². The van der Waals surface area contributed by atoms with Gasteiger partial charge in [-0.1, -0.05) is 17.3 Å². The molecule has 1 aromatic carbocycles. The van der Waals surface area contributed by atoms with Crippen LogP contribution >= 0.6 is 0 Å². The van der Waals surface area contributed by atoms with Crippen molar-refractivity contribution in [3.8, 4) is 5.75 Å². The lowest BCUT2D eigenvalue weighted by Crippen LogP contribution is -2.45. The van der Waals surface area contributed by atoms with Gasteiger partial charge in [-0.15, -0.1) is 0 Å². The number of piperidine rings is 1. The molecule has 0 amide bonds. The summed E-state index contributed by atoms with van der Waals surface area (Å²) in [6.45, 7) is 5.30. The molecule has 1 spiro atoms. The van der Waals surface area contributed by atoms with E-state index in [1.807, 2.05) is 25.3 Å². The first-order chi connectivity index (χ1) is 14.6. The van der Waals surface area contributed by atoms with Crippen molar-refractivity contribution >= 4 is 5.95 Å². The molecular weight excluding hydrogens is 378 g/mol. The Balaban J connectivity index is 1.27. The zero-order chi connectivity index (χ0) is 20.6. The number of hydrogen-bond acceptors (Lipinski definition) is 7. The molecule has 0 bridgehead atoms. The third kappa shape index (κ3) is 3.77. The van der Waals surface area contributed by atoms with Crippen molar-refractivity contribution in [1.82, 2.24) is 20.0 Å². The van der Waals surface area contributed by atoms with E-state index in [1.165, 1.54) is 29.7 Å². The van der Waals surface area contributed by atoms with Gasteiger partial charge in [-0.05, 0) is 62.4 Å². The van der Waals surface area contributed by atoms with Gasteiger partial charge in [0.2, 0.25) is 5.95 Å². The predicted octanol–water partition coefficient (Wildman–Crippen LogP) is 3.41. The van der Waals surface area contributed by atoms with Crippen molar-refractivity contribution < 1.29 is 9.26 Å². The summed E-state index contributed by atoms with van der Waals surface area (Å²) in [5.74, 6) is 2.03. The van der Waals surface area contributed by atoms with Gasteiger partial charge in [0.15, 0.2) is 0 Å². The van der Waals surface area contributed by atoms with Gasteiger partial charge in [0.1, 0.15) is 23.8 Å². The minimum absolute atomic E-state index is 0.115. The predicted molar refractivity (Wildman–Crippen MR) is 113 cm³/mol. The number of hydrogen-bond donors (Lipinski definition) is 1. The molecule has 1 unspecified atom stereocenters. The molecule has 1 aliphatic carbocycles. The third-order valence-electron chi connectivity index (χ3n) is 6.28. The van der Waals surface area contributed by atoms with Crippen LogP contribution in [-0.4, -0.2) is 33.1 Å². The number of ether oxygens (including phenoxy) is 1. The Morgan fingerprint density at radius 3 is 3.07 bits per heavy atom. The van der Waals surface area contributed by atoms with Crippen LogP contribution in [0.3, 0.4) is 0 Å². The van der Waals surface area contributed by atoms with Crippen LogP contribution in [0.1, 0.15) is 47.5 Å². The molecule has 7 heteroatoms. The Labute approximate surface area is 176 Å². The lowest BCUT2D eigenvalue weighted by atomic mass is 9.77. The Morgan fingerprint density at radius 1 is 1.27 bits per heavy atom. The summed E-state index contributed by atoms with van der Waals surface area (Å²) < 4.78 is 11.0. The van der Waals surface area contributed by atoms with Gasteiger partial charge in [0, 0.05) is 30.8 Å². The Kier molecular flexibility index (Phi) is 4.90. The van der Waals surface area contributed by atoms with Crippen LogP contribution in [0.4, 0.5) is 5.95 Å². The molecule has 3 aromatic rings. The molecule has 7 nitrogen and oxygen atoms in total. The van der Waals surface area contributed by atoms with Crippen LogP contribution in [0.2, 0.25) is 0 Å². The highest BCUT2D eigenvalue weighted by atomic mass is 16.5. The minimum Gasteiger partial charge on any atom is -0.487 e. The van der Waals surface area contributed by atoms with E-state index < -0.39 is 0 Å². The maximum absolute atomic E-state index is 5.92. The van der Waals surface area contributed by atoms with E-state index in [0.29, 0.717) is 12.6 Å². The van der Waals surface area contributed by atoms with E-state index in [-0.39, 0.29) is 5.41 Å². The van der Waals surface area contributed by atoms with Gasteiger partial charge >= 0.3 is 0 Å². The summed E-state index contributed by atoms with van der Waals surface area (Å²) in [7, 11) is 0. The Hall–Kier alpha value is -2.93. The lowest BCUT2D eigenvalue weighted by molar-refractivity contribution is 0.136. The topological polar surface area (TPSA) is 90.3 Å². The number of nitrogen functional groups attached to an aromatic ring is 1. The first kappa shape index (κ1) is 19.1. The molecule has 0 radical (unpaired) electrons. The molecule has 5 rings (SSSR count). The monoisotopic (exact) mass is 405 g/mol. The number of rotatable bonds is 5. The fourth-order valence-electron chi connectivity index (χ4n) is 4.95. The van der Waals surface area contributed by atoms with E-state index in [0.717, 1.165) is 49.7 Å². The fraction of sp³-hybridized carbons (Fsp3) is 0.435. The van der Waals surface area contributed by atoms with E-state index in [9.17, 15) is 0 Å². The molecule has 3 heterocycles. The minimum atomic E-state index is 0.115. The van der Waals surface area contributed by atoms with E-state index in [1.54, 1.807) is 0 Å². The summed E-state index contributed by atoms with van der Waals surface area (Å²) in [5.41, 5.74) is 10.5. The molecule has 2 aromatic heterocycles. The molecule has 0 saturated carbocycles. The summed E-state index contributed by atoms with van der Waals surface area (Å²) in [6.07, 6.45) is 6.45. The second kappa shape index (κ2) is 7.72. The quantitative estimate of drug-likeness (QED) is 0.695. The highest BCUT2D eigenvalue weighted by Crippen LogP contribution is 2.44. The number of benzene rings is 1. The Bertz CT molecular complexity index is 1050. The number of aryl methyl sites for hydroxylation is 2. The van der Waals surface area contributed by atoms with E-state index in [2.05, 4.69) is 38.2 Å². The van der Waals surface area contributed by atoms with Gasteiger partial charge < -0.3 is 15.0 Å². The molecule has 1 saturated heterocycles. The molecule has 2 aliphatic rings. The summed E-state index contributed by atoms with van der Waals surface area (Å²) >= 11 is 0. The molecule has 156 valence electrons. The zero-order valence-electron chi connectivity index (χ0n) is 17.3. The third-order valence-corrected chi connectivity index (χ3v) is 6.28. The number of fused-ring (bicyclic) bond motifs is 2. The maximum atomic E-state index is 5.92. The molecule has 30 heavy (non-hydrogen) atoms. The standard InChI is InChI=1S/C23H27N5O2/c1-16-10-19(27-30-16)14-29-20-5-2-4-17(11-20)13-28-9-3-7-23(15-28)8-6-18-12-25-22(24)26-21(18)23/h2,4-5,10-12H,3,6-9,13-15H2,1H3,(H2,24,25,26). The molecule has 1 aliphatic heterocycles. The van der Waals surface area contributed by atoms with Gasteiger partial charge in [0.25, 0.3) is 0 Å². The fourth-order valence-corrected chi connectivity index (χ4v) is 4.95. The smallest absolute Gasteiger partial charge is 0.220 e. The SMILES string of the molecule is Cc1cc(COc2cccc(CN3CCCC4(CCc5cnc(N)nc54)C3)c2)no1. The molecule has 1 fully saturated rings. The first-order valence-corrected chi connectivity index (χ1v) is 10.6. The summed E-state index contributed by atoms with van der Waals surface area (Å²) in [5, 5.41) is 3.98. The average molecular weight is 406 g/mol. The van der Waals surface area contributed by atoms with Crippen molar-refractivity contribution in [3.63, 3.8) is 0 Å². The van der Waals surface area contributed by atoms with Crippen LogP contribution in [0.5, 0.6) is 5.75 Å². The average Bonchev–Trinajstić information content (AvgIpc) is 3.31. The maximum Gasteiger partial charge on any atom is 0.220 e. The van der Waals surface area contributed by atoms with Crippen LogP contribution in [0.15, 0.2) is 41.1 Å². The van der Waals surface area contributed by atoms with Gasteiger partial charge in [-0.3, -0.25) is 4.90 Å².